The lowest BCUT2D eigenvalue weighted by molar-refractivity contribution is 0.0599. The number of halogens is 3. The first-order valence-electron chi connectivity index (χ1n) is 6.76. The molecule has 0 aliphatic heterocycles. The van der Waals surface area contributed by atoms with Crippen molar-refractivity contribution in [1.82, 2.24) is 10.6 Å². The molecule has 0 saturated heterocycles. The van der Waals surface area contributed by atoms with Gasteiger partial charge in [0, 0.05) is 20.2 Å². The van der Waals surface area contributed by atoms with Gasteiger partial charge in [-0.15, -0.1) is 0 Å². The van der Waals surface area contributed by atoms with Gasteiger partial charge in [0.15, 0.2) is 17.5 Å². The van der Waals surface area contributed by atoms with E-state index in [0.717, 1.165) is 12.1 Å². The minimum Gasteiger partial charge on any atom is -0.391 e. The van der Waals surface area contributed by atoms with Crippen molar-refractivity contribution in [3.8, 4) is 0 Å². The number of aliphatic hydroxyl groups is 1. The molecule has 1 aromatic rings. The lowest BCUT2D eigenvalue weighted by atomic mass is 10.1. The van der Waals surface area contributed by atoms with Crippen LogP contribution in [0.1, 0.15) is 12.0 Å². The van der Waals surface area contributed by atoms with E-state index in [4.69, 9.17) is 4.74 Å². The minimum atomic E-state index is -1.51. The Morgan fingerprint density at radius 1 is 1.23 bits per heavy atom. The average molecular weight is 320 g/mol. The highest BCUT2D eigenvalue weighted by Gasteiger charge is 2.10. The van der Waals surface area contributed by atoms with Gasteiger partial charge in [0.1, 0.15) is 0 Å². The number of aliphatic hydroxyl groups excluding tert-OH is 1. The molecule has 8 heteroatoms. The van der Waals surface area contributed by atoms with E-state index in [2.05, 4.69) is 10.6 Å². The zero-order chi connectivity index (χ0) is 16.5. The fourth-order valence-corrected chi connectivity index (χ4v) is 1.76. The monoisotopic (exact) mass is 320 g/mol. The van der Waals surface area contributed by atoms with Crippen molar-refractivity contribution in [3.63, 3.8) is 0 Å². The molecule has 5 nitrogen and oxygen atoms in total. The summed E-state index contributed by atoms with van der Waals surface area (Å²) in [5.41, 5.74) is 0.243. The Kier molecular flexibility index (Phi) is 7.69. The maximum atomic E-state index is 13.0. The molecule has 124 valence electrons. The first-order valence-corrected chi connectivity index (χ1v) is 6.76. The molecule has 0 bridgehead atoms. The molecule has 3 N–H and O–H groups in total. The smallest absolute Gasteiger partial charge is 0.314 e. The van der Waals surface area contributed by atoms with Gasteiger partial charge in [-0.2, -0.15) is 0 Å². The summed E-state index contributed by atoms with van der Waals surface area (Å²) in [4.78, 5) is 11.4. The Balaban J connectivity index is 2.25. The largest absolute Gasteiger partial charge is 0.391 e. The van der Waals surface area contributed by atoms with Gasteiger partial charge in [0.05, 0.1) is 12.7 Å². The van der Waals surface area contributed by atoms with Crippen molar-refractivity contribution in [2.24, 2.45) is 0 Å². The lowest BCUT2D eigenvalue weighted by Gasteiger charge is -2.11. The minimum absolute atomic E-state index is 0.136. The van der Waals surface area contributed by atoms with E-state index >= 15 is 0 Å². The molecule has 0 radical (unpaired) electrons. The summed E-state index contributed by atoms with van der Waals surface area (Å²) < 4.78 is 43.5. The molecule has 2 amide bonds. The first kappa shape index (κ1) is 18.2. The van der Waals surface area contributed by atoms with Crippen LogP contribution < -0.4 is 10.6 Å². The Hall–Kier alpha value is -1.80. The normalized spacial score (nSPS) is 12.0. The summed E-state index contributed by atoms with van der Waals surface area (Å²) in [6.07, 6.45) is -0.154. The van der Waals surface area contributed by atoms with Crippen LogP contribution in [-0.4, -0.2) is 44.0 Å². The van der Waals surface area contributed by atoms with Gasteiger partial charge >= 0.3 is 6.03 Å². The van der Waals surface area contributed by atoms with E-state index < -0.39 is 29.6 Å². The summed E-state index contributed by atoms with van der Waals surface area (Å²) in [5, 5.41) is 14.4. The zero-order valence-electron chi connectivity index (χ0n) is 12.2. The van der Waals surface area contributed by atoms with Gasteiger partial charge in [-0.05, 0) is 30.5 Å². The highest BCUT2D eigenvalue weighted by molar-refractivity contribution is 5.73. The van der Waals surface area contributed by atoms with Crippen LogP contribution in [0.4, 0.5) is 18.0 Å². The van der Waals surface area contributed by atoms with E-state index in [1.807, 2.05) is 0 Å². The average Bonchev–Trinajstić information content (AvgIpc) is 2.45. The van der Waals surface area contributed by atoms with Crippen LogP contribution in [-0.2, 0) is 11.2 Å². The van der Waals surface area contributed by atoms with Crippen molar-refractivity contribution >= 4 is 6.03 Å². The lowest BCUT2D eigenvalue weighted by Crippen LogP contribution is -2.38. The number of hydrogen-bond donors (Lipinski definition) is 3. The Bertz CT molecular complexity index is 477. The SMILES string of the molecule is COCC(O)CCNC(=O)NCCc1cc(F)c(F)c(F)c1. The van der Waals surface area contributed by atoms with E-state index in [-0.39, 0.29) is 31.7 Å². The van der Waals surface area contributed by atoms with Crippen LogP contribution in [0.15, 0.2) is 12.1 Å². The highest BCUT2D eigenvalue weighted by atomic mass is 19.2. The number of ether oxygens (including phenoxy) is 1. The Morgan fingerprint density at radius 3 is 2.41 bits per heavy atom. The number of methoxy groups -OCH3 is 1. The van der Waals surface area contributed by atoms with Crippen LogP contribution in [0.25, 0.3) is 0 Å². The fourth-order valence-electron chi connectivity index (χ4n) is 1.76. The predicted octanol–water partition coefficient (Wildman–Crippen LogP) is 1.34. The second-order valence-corrected chi connectivity index (χ2v) is 4.70. The van der Waals surface area contributed by atoms with Crippen LogP contribution in [0.2, 0.25) is 0 Å². The number of carbonyl (C=O) groups excluding carboxylic acids is 1. The standard InChI is InChI=1S/C14H19F3N2O3/c1-22-8-10(20)3-5-19-14(21)18-4-2-9-6-11(15)13(17)12(16)7-9/h6-7,10,20H,2-5,8H2,1H3,(H2,18,19,21). The summed E-state index contributed by atoms with van der Waals surface area (Å²) in [7, 11) is 1.46. The number of carbonyl (C=O) groups is 1. The number of rotatable bonds is 8. The van der Waals surface area contributed by atoms with Crippen molar-refractivity contribution in [2.75, 3.05) is 26.8 Å². The molecular weight excluding hydrogens is 301 g/mol. The third kappa shape index (κ3) is 6.31. The molecule has 1 aromatic carbocycles. The fraction of sp³-hybridized carbons (Fsp3) is 0.500. The predicted molar refractivity (Wildman–Crippen MR) is 73.9 cm³/mol. The zero-order valence-corrected chi connectivity index (χ0v) is 12.2. The molecule has 1 atom stereocenters. The van der Waals surface area contributed by atoms with E-state index in [9.17, 15) is 23.1 Å². The van der Waals surface area contributed by atoms with Gasteiger partial charge in [-0.3, -0.25) is 0 Å². The van der Waals surface area contributed by atoms with Gasteiger partial charge in [0.25, 0.3) is 0 Å². The molecule has 1 unspecified atom stereocenters. The van der Waals surface area contributed by atoms with E-state index in [1.165, 1.54) is 7.11 Å². The first-order chi connectivity index (χ1) is 10.4. The molecule has 0 spiro atoms. The van der Waals surface area contributed by atoms with Crippen LogP contribution in [0, 0.1) is 17.5 Å². The molecule has 0 heterocycles. The molecule has 1 rings (SSSR count). The second kappa shape index (κ2) is 9.26. The van der Waals surface area contributed by atoms with Crippen molar-refractivity contribution in [1.29, 1.82) is 0 Å². The molecule has 0 aliphatic rings. The van der Waals surface area contributed by atoms with Crippen LogP contribution in [0.5, 0.6) is 0 Å². The quantitative estimate of drug-likeness (QED) is 0.633. The Morgan fingerprint density at radius 2 is 1.82 bits per heavy atom. The maximum absolute atomic E-state index is 13.0. The van der Waals surface area contributed by atoms with Gasteiger partial charge < -0.3 is 20.5 Å². The summed E-state index contributed by atoms with van der Waals surface area (Å²) >= 11 is 0. The molecule has 0 aromatic heterocycles. The molecule has 0 aliphatic carbocycles. The maximum Gasteiger partial charge on any atom is 0.314 e. The third-order valence-electron chi connectivity index (χ3n) is 2.87. The summed E-state index contributed by atoms with van der Waals surface area (Å²) in [6, 6.07) is 1.31. The van der Waals surface area contributed by atoms with Crippen molar-refractivity contribution < 1.29 is 27.8 Å². The topological polar surface area (TPSA) is 70.6 Å². The number of amides is 2. The van der Waals surface area contributed by atoms with Crippen LogP contribution in [0.3, 0.4) is 0 Å². The van der Waals surface area contributed by atoms with Gasteiger partial charge in [-0.1, -0.05) is 0 Å². The summed E-state index contributed by atoms with van der Waals surface area (Å²) in [6.45, 7) is 0.581. The number of urea groups is 1. The number of hydrogen-bond acceptors (Lipinski definition) is 3. The molecule has 0 fully saturated rings. The van der Waals surface area contributed by atoms with Gasteiger partial charge in [0.2, 0.25) is 0 Å². The summed E-state index contributed by atoms with van der Waals surface area (Å²) in [5.74, 6) is -4.03. The second-order valence-electron chi connectivity index (χ2n) is 4.70. The van der Waals surface area contributed by atoms with E-state index in [0.29, 0.717) is 6.42 Å². The van der Waals surface area contributed by atoms with Crippen molar-refractivity contribution in [2.45, 2.75) is 18.9 Å². The number of nitrogens with one attached hydrogen (secondary N) is 2. The molecular formula is C14H19F3N2O3. The van der Waals surface area contributed by atoms with Crippen LogP contribution >= 0.6 is 0 Å². The molecule has 22 heavy (non-hydrogen) atoms. The third-order valence-corrected chi connectivity index (χ3v) is 2.87. The number of benzene rings is 1. The van der Waals surface area contributed by atoms with Crippen molar-refractivity contribution in [3.05, 3.63) is 35.1 Å². The molecule has 0 saturated carbocycles. The van der Waals surface area contributed by atoms with Gasteiger partial charge in [-0.25, -0.2) is 18.0 Å². The van der Waals surface area contributed by atoms with E-state index in [1.54, 1.807) is 0 Å². The highest BCUT2D eigenvalue weighted by Crippen LogP contribution is 2.13. The Labute approximate surface area is 126 Å².